The molecule has 1 heterocycles. The molecule has 1 aromatic rings. The molecule has 0 bridgehead atoms. The molecule has 0 amide bonds. The number of imidazole rings is 1. The van der Waals surface area contributed by atoms with E-state index in [2.05, 4.69) is 16.9 Å². The zero-order valence-corrected chi connectivity index (χ0v) is 12.6. The molecule has 0 aliphatic rings. The second-order valence-electron chi connectivity index (χ2n) is 4.31. The molecule has 108 valence electrons. The minimum atomic E-state index is -1.16. The lowest BCUT2D eigenvalue weighted by atomic mass is 10.2. The fourth-order valence-corrected chi connectivity index (χ4v) is 2.41. The summed E-state index contributed by atoms with van der Waals surface area (Å²) in [6.07, 6.45) is 0.533. The number of hydrogen-bond acceptors (Lipinski definition) is 5. The SMILES string of the molecule is CCCCc1nc(Cl)c(C(O)C(O)CSC(C)=O)[nH]1. The third-order valence-corrected chi connectivity index (χ3v) is 3.82. The molecule has 7 heteroatoms. The summed E-state index contributed by atoms with van der Waals surface area (Å²) in [5.41, 5.74) is 0.310. The number of aliphatic hydroxyl groups is 2. The van der Waals surface area contributed by atoms with Gasteiger partial charge in [-0.05, 0) is 6.42 Å². The number of carbonyl (C=O) groups excluding carboxylic acids is 1. The van der Waals surface area contributed by atoms with Crippen molar-refractivity contribution in [2.75, 3.05) is 5.75 Å². The number of halogens is 1. The van der Waals surface area contributed by atoms with Gasteiger partial charge in [0.1, 0.15) is 11.9 Å². The number of hydrogen-bond donors (Lipinski definition) is 3. The maximum Gasteiger partial charge on any atom is 0.185 e. The zero-order valence-electron chi connectivity index (χ0n) is 11.0. The molecule has 2 atom stereocenters. The molecule has 3 N–H and O–H groups in total. The molecule has 0 saturated carbocycles. The Balaban J connectivity index is 2.67. The van der Waals surface area contributed by atoms with Gasteiger partial charge in [0, 0.05) is 19.1 Å². The smallest absolute Gasteiger partial charge is 0.185 e. The molecule has 0 spiro atoms. The Kier molecular flexibility index (Phi) is 6.85. The summed E-state index contributed by atoms with van der Waals surface area (Å²) >= 11 is 6.90. The van der Waals surface area contributed by atoms with Crippen LogP contribution in [-0.2, 0) is 11.2 Å². The normalized spacial score (nSPS) is 14.4. The molecule has 0 fully saturated rings. The topological polar surface area (TPSA) is 86.2 Å². The average molecular weight is 307 g/mol. The summed E-state index contributed by atoms with van der Waals surface area (Å²) in [4.78, 5) is 17.9. The van der Waals surface area contributed by atoms with Gasteiger partial charge in [0.25, 0.3) is 0 Å². The van der Waals surface area contributed by atoms with E-state index in [1.807, 2.05) is 0 Å². The molecule has 0 saturated heterocycles. The van der Waals surface area contributed by atoms with Gasteiger partial charge in [0.15, 0.2) is 10.3 Å². The summed E-state index contributed by atoms with van der Waals surface area (Å²) in [6, 6.07) is 0. The van der Waals surface area contributed by atoms with Crippen molar-refractivity contribution < 1.29 is 15.0 Å². The lowest BCUT2D eigenvalue weighted by molar-refractivity contribution is -0.109. The van der Waals surface area contributed by atoms with E-state index in [4.69, 9.17) is 11.6 Å². The molecule has 0 aliphatic heterocycles. The van der Waals surface area contributed by atoms with Crippen molar-refractivity contribution in [3.05, 3.63) is 16.7 Å². The average Bonchev–Trinajstić information content (AvgIpc) is 2.73. The van der Waals surface area contributed by atoms with Gasteiger partial charge >= 0.3 is 0 Å². The number of carbonyl (C=O) groups is 1. The minimum absolute atomic E-state index is 0.106. The summed E-state index contributed by atoms with van der Waals surface area (Å²) < 4.78 is 0. The van der Waals surface area contributed by atoms with E-state index in [-0.39, 0.29) is 16.0 Å². The molecule has 0 aliphatic carbocycles. The fourth-order valence-electron chi connectivity index (χ4n) is 1.56. The van der Waals surface area contributed by atoms with Crippen LogP contribution in [0.5, 0.6) is 0 Å². The molecule has 2 unspecified atom stereocenters. The summed E-state index contributed by atoms with van der Waals surface area (Å²) in [6.45, 7) is 3.48. The van der Waals surface area contributed by atoms with E-state index in [0.29, 0.717) is 11.5 Å². The highest BCUT2D eigenvalue weighted by Crippen LogP contribution is 2.25. The van der Waals surface area contributed by atoms with Crippen LogP contribution in [-0.4, -0.2) is 37.2 Å². The number of aromatic amines is 1. The Morgan fingerprint density at radius 1 is 1.53 bits per heavy atom. The molecular weight excluding hydrogens is 288 g/mol. The molecule has 5 nitrogen and oxygen atoms in total. The van der Waals surface area contributed by atoms with Crippen molar-refractivity contribution in [3.8, 4) is 0 Å². The Bertz CT molecular complexity index is 425. The highest BCUT2D eigenvalue weighted by molar-refractivity contribution is 8.13. The summed E-state index contributed by atoms with van der Waals surface area (Å²) in [7, 11) is 0. The number of aliphatic hydroxyl groups excluding tert-OH is 2. The van der Waals surface area contributed by atoms with E-state index in [1.165, 1.54) is 6.92 Å². The number of rotatable bonds is 7. The molecule has 1 aromatic heterocycles. The van der Waals surface area contributed by atoms with Gasteiger partial charge in [-0.25, -0.2) is 4.98 Å². The number of H-pyrrole nitrogens is 1. The van der Waals surface area contributed by atoms with Crippen LogP contribution in [0.3, 0.4) is 0 Å². The number of nitrogens with one attached hydrogen (secondary N) is 1. The van der Waals surface area contributed by atoms with Crippen molar-refractivity contribution >= 4 is 28.5 Å². The zero-order chi connectivity index (χ0) is 14.4. The Morgan fingerprint density at radius 2 is 2.21 bits per heavy atom. The monoisotopic (exact) mass is 306 g/mol. The Labute approximate surface area is 121 Å². The van der Waals surface area contributed by atoms with Gasteiger partial charge in [-0.3, -0.25) is 4.79 Å². The van der Waals surface area contributed by atoms with Crippen molar-refractivity contribution in [3.63, 3.8) is 0 Å². The van der Waals surface area contributed by atoms with Crippen molar-refractivity contribution in [2.24, 2.45) is 0 Å². The number of unbranched alkanes of at least 4 members (excludes halogenated alkanes) is 1. The second kappa shape index (κ2) is 7.89. The van der Waals surface area contributed by atoms with Crippen molar-refractivity contribution in [1.82, 2.24) is 9.97 Å². The summed E-state index contributed by atoms with van der Waals surface area (Å²) in [5, 5.41) is 19.9. The first-order valence-electron chi connectivity index (χ1n) is 6.19. The van der Waals surface area contributed by atoms with E-state index in [0.717, 1.165) is 31.0 Å². The van der Waals surface area contributed by atoms with Gasteiger partial charge in [0.2, 0.25) is 0 Å². The van der Waals surface area contributed by atoms with E-state index >= 15 is 0 Å². The van der Waals surface area contributed by atoms with Crippen LogP contribution in [0.25, 0.3) is 0 Å². The van der Waals surface area contributed by atoms with Crippen LogP contribution in [0.4, 0.5) is 0 Å². The van der Waals surface area contributed by atoms with E-state index in [9.17, 15) is 15.0 Å². The molecule has 0 radical (unpaired) electrons. The first-order valence-corrected chi connectivity index (χ1v) is 7.55. The van der Waals surface area contributed by atoms with Gasteiger partial charge in [-0.15, -0.1) is 0 Å². The predicted octanol–water partition coefficient (Wildman–Crippen LogP) is 2.08. The fraction of sp³-hybridized carbons (Fsp3) is 0.667. The maximum atomic E-state index is 10.8. The van der Waals surface area contributed by atoms with Crippen LogP contribution < -0.4 is 0 Å². The standard InChI is InChI=1S/C12H19ClN2O3S/c1-3-4-5-9-14-10(12(13)15-9)11(18)8(17)6-19-7(2)16/h8,11,17-18H,3-6H2,1-2H3,(H,14,15). The Morgan fingerprint density at radius 3 is 2.79 bits per heavy atom. The van der Waals surface area contributed by atoms with Crippen LogP contribution in [0.1, 0.15) is 44.3 Å². The first-order chi connectivity index (χ1) is 8.95. The maximum absolute atomic E-state index is 10.8. The van der Waals surface area contributed by atoms with Gasteiger partial charge in [-0.2, -0.15) is 0 Å². The largest absolute Gasteiger partial charge is 0.389 e. The van der Waals surface area contributed by atoms with Crippen LogP contribution >= 0.6 is 23.4 Å². The van der Waals surface area contributed by atoms with Crippen molar-refractivity contribution in [1.29, 1.82) is 0 Å². The number of aryl methyl sites for hydroxylation is 1. The first kappa shape index (κ1) is 16.5. The van der Waals surface area contributed by atoms with Crippen LogP contribution in [0, 0.1) is 0 Å². The second-order valence-corrected chi connectivity index (χ2v) is 5.86. The lowest BCUT2D eigenvalue weighted by Gasteiger charge is -2.15. The number of nitrogens with zero attached hydrogens (tertiary/aromatic N) is 1. The number of aromatic nitrogens is 2. The molecule has 19 heavy (non-hydrogen) atoms. The molecule has 1 rings (SSSR count). The van der Waals surface area contributed by atoms with Crippen LogP contribution in [0.2, 0.25) is 5.15 Å². The Hall–Kier alpha value is -0.560. The third-order valence-electron chi connectivity index (χ3n) is 2.62. The number of thioether (sulfide) groups is 1. The van der Waals surface area contributed by atoms with Crippen molar-refractivity contribution in [2.45, 2.75) is 45.3 Å². The predicted molar refractivity (Wildman–Crippen MR) is 76.3 cm³/mol. The van der Waals surface area contributed by atoms with E-state index in [1.54, 1.807) is 0 Å². The summed E-state index contributed by atoms with van der Waals surface area (Å²) in [5.74, 6) is 0.822. The van der Waals surface area contributed by atoms with Gasteiger partial charge < -0.3 is 15.2 Å². The quantitative estimate of drug-likeness (QED) is 0.718. The minimum Gasteiger partial charge on any atom is -0.389 e. The van der Waals surface area contributed by atoms with Gasteiger partial charge in [0.05, 0.1) is 11.8 Å². The third kappa shape index (κ3) is 5.14. The molecule has 0 aromatic carbocycles. The van der Waals surface area contributed by atoms with Crippen LogP contribution in [0.15, 0.2) is 0 Å². The highest BCUT2D eigenvalue weighted by atomic mass is 35.5. The molecular formula is C12H19ClN2O3S. The van der Waals surface area contributed by atoms with E-state index < -0.39 is 12.2 Å². The lowest BCUT2D eigenvalue weighted by Crippen LogP contribution is -2.22. The highest BCUT2D eigenvalue weighted by Gasteiger charge is 2.24. The van der Waals surface area contributed by atoms with Gasteiger partial charge in [-0.1, -0.05) is 36.7 Å².